The van der Waals surface area contributed by atoms with Crippen molar-refractivity contribution in [1.82, 2.24) is 14.9 Å². The summed E-state index contributed by atoms with van der Waals surface area (Å²) in [6.45, 7) is 0.461. The number of nitrogens with zero attached hydrogens (tertiary/aromatic N) is 2. The van der Waals surface area contributed by atoms with Gasteiger partial charge in [0, 0.05) is 30.9 Å². The molecular formula is C13H14ClN3O. The van der Waals surface area contributed by atoms with Gasteiger partial charge in [-0.1, -0.05) is 12.1 Å². The van der Waals surface area contributed by atoms with Crippen molar-refractivity contribution >= 4 is 17.5 Å². The van der Waals surface area contributed by atoms with E-state index in [2.05, 4.69) is 9.97 Å². The van der Waals surface area contributed by atoms with Crippen LogP contribution in [0.4, 0.5) is 0 Å². The highest BCUT2D eigenvalue weighted by Crippen LogP contribution is 2.10. The van der Waals surface area contributed by atoms with Crippen molar-refractivity contribution in [2.24, 2.45) is 0 Å². The predicted octanol–water partition coefficient (Wildman–Crippen LogP) is 2.42. The molecule has 1 aromatic heterocycles. The Labute approximate surface area is 111 Å². The third-order valence-electron chi connectivity index (χ3n) is 2.64. The van der Waals surface area contributed by atoms with Crippen molar-refractivity contribution in [3.63, 3.8) is 0 Å². The molecule has 2 rings (SSSR count). The maximum absolute atomic E-state index is 12.1. The van der Waals surface area contributed by atoms with Gasteiger partial charge in [0.05, 0.1) is 6.54 Å². The van der Waals surface area contributed by atoms with Crippen LogP contribution in [0.2, 0.25) is 0 Å². The number of benzene rings is 1. The number of carbonyl (C=O) groups excluding carboxylic acids is 1. The molecule has 0 aliphatic carbocycles. The highest BCUT2D eigenvalue weighted by Gasteiger charge is 2.12. The smallest absolute Gasteiger partial charge is 0.253 e. The lowest BCUT2D eigenvalue weighted by molar-refractivity contribution is 0.0782. The van der Waals surface area contributed by atoms with Gasteiger partial charge in [-0.3, -0.25) is 4.79 Å². The second kappa shape index (κ2) is 5.69. The number of nitrogens with one attached hydrogen (secondary N) is 1. The Balaban J connectivity index is 2.05. The van der Waals surface area contributed by atoms with Gasteiger partial charge in [0.15, 0.2) is 0 Å². The Kier molecular flexibility index (Phi) is 3.99. The van der Waals surface area contributed by atoms with Crippen LogP contribution in [0.25, 0.3) is 0 Å². The lowest BCUT2D eigenvalue weighted by Crippen LogP contribution is -2.26. The van der Waals surface area contributed by atoms with E-state index in [9.17, 15) is 4.79 Å². The van der Waals surface area contributed by atoms with Crippen molar-refractivity contribution in [1.29, 1.82) is 0 Å². The number of rotatable bonds is 4. The van der Waals surface area contributed by atoms with Gasteiger partial charge >= 0.3 is 0 Å². The summed E-state index contributed by atoms with van der Waals surface area (Å²) in [5.41, 5.74) is 1.65. The van der Waals surface area contributed by atoms with E-state index >= 15 is 0 Å². The summed E-state index contributed by atoms with van der Waals surface area (Å²) in [5.74, 6) is 1.19. The Hall–Kier alpha value is -1.81. The van der Waals surface area contributed by atoms with E-state index in [0.29, 0.717) is 18.0 Å². The van der Waals surface area contributed by atoms with Crippen LogP contribution in [-0.2, 0) is 12.4 Å². The molecule has 0 unspecified atom stereocenters. The summed E-state index contributed by atoms with van der Waals surface area (Å²) in [6, 6.07) is 7.30. The fraction of sp³-hybridized carbons (Fsp3) is 0.231. The molecule has 0 saturated heterocycles. The largest absolute Gasteiger partial charge is 0.347 e. The zero-order chi connectivity index (χ0) is 13.0. The van der Waals surface area contributed by atoms with Gasteiger partial charge in [0.1, 0.15) is 5.82 Å². The fourth-order valence-corrected chi connectivity index (χ4v) is 1.82. The van der Waals surface area contributed by atoms with E-state index in [1.54, 1.807) is 36.5 Å². The number of aromatic nitrogens is 2. The maximum Gasteiger partial charge on any atom is 0.253 e. The van der Waals surface area contributed by atoms with Gasteiger partial charge in [0.2, 0.25) is 0 Å². The summed E-state index contributed by atoms with van der Waals surface area (Å²) in [6.07, 6.45) is 3.41. The standard InChI is InChI=1S/C13H14ClN3O/c1-17(9-12-15-6-7-16-12)13(18)11-4-2-10(8-14)3-5-11/h2-7H,8-9H2,1H3,(H,15,16). The molecule has 0 fully saturated rings. The molecule has 0 spiro atoms. The quantitative estimate of drug-likeness (QED) is 0.862. The SMILES string of the molecule is CN(Cc1ncc[nH]1)C(=O)c1ccc(CCl)cc1. The first-order valence-electron chi connectivity index (χ1n) is 5.59. The Morgan fingerprint density at radius 3 is 2.67 bits per heavy atom. The monoisotopic (exact) mass is 263 g/mol. The lowest BCUT2D eigenvalue weighted by atomic mass is 10.1. The van der Waals surface area contributed by atoms with Crippen LogP contribution in [0.15, 0.2) is 36.7 Å². The molecule has 94 valence electrons. The molecule has 0 bridgehead atoms. The number of imidazole rings is 1. The number of hydrogen-bond donors (Lipinski definition) is 1. The molecule has 0 atom stereocenters. The molecule has 2 aromatic rings. The molecule has 0 aliphatic heterocycles. The fourth-order valence-electron chi connectivity index (χ4n) is 1.64. The number of hydrogen-bond acceptors (Lipinski definition) is 2. The zero-order valence-electron chi connectivity index (χ0n) is 10.1. The van der Waals surface area contributed by atoms with Crippen LogP contribution in [0, 0.1) is 0 Å². The van der Waals surface area contributed by atoms with Crippen LogP contribution in [0.1, 0.15) is 21.7 Å². The molecule has 0 saturated carbocycles. The molecule has 18 heavy (non-hydrogen) atoms. The van der Waals surface area contributed by atoms with Crippen molar-refractivity contribution in [2.45, 2.75) is 12.4 Å². The zero-order valence-corrected chi connectivity index (χ0v) is 10.8. The topological polar surface area (TPSA) is 49.0 Å². The average Bonchev–Trinajstić information content (AvgIpc) is 2.91. The first-order valence-corrected chi connectivity index (χ1v) is 6.13. The van der Waals surface area contributed by atoms with E-state index in [1.165, 1.54) is 0 Å². The minimum atomic E-state index is -0.0347. The number of amides is 1. The Morgan fingerprint density at radius 1 is 1.39 bits per heavy atom. The average molecular weight is 264 g/mol. The molecule has 1 heterocycles. The first kappa shape index (κ1) is 12.6. The Bertz CT molecular complexity index is 508. The van der Waals surface area contributed by atoms with Crippen molar-refractivity contribution < 1.29 is 4.79 Å². The normalized spacial score (nSPS) is 10.3. The number of halogens is 1. The van der Waals surface area contributed by atoms with Crippen LogP contribution in [0.5, 0.6) is 0 Å². The minimum absolute atomic E-state index is 0.0347. The third kappa shape index (κ3) is 2.90. The van der Waals surface area contributed by atoms with E-state index in [0.717, 1.165) is 11.4 Å². The minimum Gasteiger partial charge on any atom is -0.347 e. The second-order valence-electron chi connectivity index (χ2n) is 4.03. The van der Waals surface area contributed by atoms with Crippen LogP contribution >= 0.6 is 11.6 Å². The highest BCUT2D eigenvalue weighted by molar-refractivity contribution is 6.17. The van der Waals surface area contributed by atoms with Crippen LogP contribution < -0.4 is 0 Å². The summed E-state index contributed by atoms with van der Waals surface area (Å²) in [7, 11) is 1.75. The van der Waals surface area contributed by atoms with Crippen molar-refractivity contribution in [2.75, 3.05) is 7.05 Å². The number of alkyl halides is 1. The van der Waals surface area contributed by atoms with Gasteiger partial charge in [-0.05, 0) is 17.7 Å². The summed E-state index contributed by atoms with van der Waals surface area (Å²) < 4.78 is 0. The maximum atomic E-state index is 12.1. The summed E-state index contributed by atoms with van der Waals surface area (Å²) in [4.78, 5) is 20.8. The van der Waals surface area contributed by atoms with Crippen LogP contribution in [-0.4, -0.2) is 27.8 Å². The summed E-state index contributed by atoms with van der Waals surface area (Å²) >= 11 is 5.71. The van der Waals surface area contributed by atoms with E-state index < -0.39 is 0 Å². The molecule has 5 heteroatoms. The second-order valence-corrected chi connectivity index (χ2v) is 4.29. The van der Waals surface area contributed by atoms with Crippen molar-refractivity contribution in [3.05, 3.63) is 53.6 Å². The highest BCUT2D eigenvalue weighted by atomic mass is 35.5. The Morgan fingerprint density at radius 2 is 2.11 bits per heavy atom. The van der Waals surface area contributed by atoms with Gasteiger partial charge in [-0.2, -0.15) is 0 Å². The van der Waals surface area contributed by atoms with Gasteiger partial charge in [-0.25, -0.2) is 4.98 Å². The molecule has 1 N–H and O–H groups in total. The van der Waals surface area contributed by atoms with Gasteiger partial charge in [-0.15, -0.1) is 11.6 Å². The molecule has 1 amide bonds. The van der Waals surface area contributed by atoms with Crippen LogP contribution in [0.3, 0.4) is 0 Å². The van der Waals surface area contributed by atoms with E-state index in [1.807, 2.05) is 12.1 Å². The van der Waals surface area contributed by atoms with E-state index in [-0.39, 0.29) is 5.91 Å². The molecule has 4 nitrogen and oxygen atoms in total. The first-order chi connectivity index (χ1) is 8.70. The summed E-state index contributed by atoms with van der Waals surface area (Å²) in [5, 5.41) is 0. The van der Waals surface area contributed by atoms with Gasteiger partial charge < -0.3 is 9.88 Å². The molecule has 0 aliphatic rings. The number of H-pyrrole nitrogens is 1. The predicted molar refractivity (Wildman–Crippen MR) is 70.4 cm³/mol. The lowest BCUT2D eigenvalue weighted by Gasteiger charge is -2.15. The van der Waals surface area contributed by atoms with E-state index in [4.69, 9.17) is 11.6 Å². The molecular weight excluding hydrogens is 250 g/mol. The van der Waals surface area contributed by atoms with Crippen molar-refractivity contribution in [3.8, 4) is 0 Å². The molecule has 0 radical (unpaired) electrons. The van der Waals surface area contributed by atoms with Gasteiger partial charge in [0.25, 0.3) is 5.91 Å². The number of carbonyl (C=O) groups is 1. The third-order valence-corrected chi connectivity index (χ3v) is 2.95. The number of aromatic amines is 1. The molecule has 1 aromatic carbocycles.